The fourth-order valence-corrected chi connectivity index (χ4v) is 3.67. The molecule has 0 aliphatic carbocycles. The summed E-state index contributed by atoms with van der Waals surface area (Å²) in [6.07, 6.45) is 1.12. The SMILES string of the molecule is CN(C)C1=N[C@@H]2[C@@H](O)[C@H](O)[C@@H](CCCCCO)O[C@@H]2S1. The molecule has 0 aromatic carbocycles. The first kappa shape index (κ1) is 16.0. The Hall–Kier alpha value is -0.340. The first-order valence-corrected chi connectivity index (χ1v) is 7.96. The van der Waals surface area contributed by atoms with E-state index >= 15 is 0 Å². The summed E-state index contributed by atoms with van der Waals surface area (Å²) in [6.45, 7) is 0.192. The lowest BCUT2D eigenvalue weighted by Gasteiger charge is -2.38. The van der Waals surface area contributed by atoms with Crippen molar-refractivity contribution in [3.8, 4) is 0 Å². The molecule has 0 saturated carbocycles. The summed E-state index contributed by atoms with van der Waals surface area (Å²) in [7, 11) is 3.80. The van der Waals surface area contributed by atoms with Gasteiger partial charge in [0.15, 0.2) is 5.17 Å². The van der Waals surface area contributed by atoms with Gasteiger partial charge in [0.2, 0.25) is 0 Å². The number of aliphatic imine (C=N–C) groups is 1. The fourth-order valence-electron chi connectivity index (χ4n) is 2.51. The summed E-state index contributed by atoms with van der Waals surface area (Å²) in [6, 6.07) is -0.388. The molecule has 0 aromatic heterocycles. The molecule has 2 heterocycles. The minimum atomic E-state index is -0.892. The number of unbranched alkanes of at least 4 members (excludes halogenated alkanes) is 2. The van der Waals surface area contributed by atoms with Crippen LogP contribution in [0, 0.1) is 0 Å². The number of hydrogen-bond acceptors (Lipinski definition) is 7. The maximum Gasteiger partial charge on any atom is 0.161 e. The molecule has 3 N–H and O–H groups in total. The van der Waals surface area contributed by atoms with Crippen LogP contribution in [-0.4, -0.2) is 75.9 Å². The molecule has 0 aromatic rings. The monoisotopic (exact) mass is 304 g/mol. The van der Waals surface area contributed by atoms with Crippen LogP contribution in [0.2, 0.25) is 0 Å². The average molecular weight is 304 g/mol. The summed E-state index contributed by atoms with van der Waals surface area (Å²) in [5.74, 6) is 0. The van der Waals surface area contributed by atoms with Gasteiger partial charge >= 0.3 is 0 Å². The standard InChI is InChI=1S/C13H24N2O4S/c1-15(2)13-14-9-11(18)10(17)8(19-12(9)20-13)6-4-3-5-7-16/h8-12,16-18H,3-7H2,1-2H3/t8-,9-,10-,11-,12-/m1/s1. The van der Waals surface area contributed by atoms with Gasteiger partial charge in [0.25, 0.3) is 0 Å². The van der Waals surface area contributed by atoms with Gasteiger partial charge in [-0.25, -0.2) is 0 Å². The van der Waals surface area contributed by atoms with Crippen LogP contribution < -0.4 is 0 Å². The molecule has 0 radical (unpaired) electrons. The summed E-state index contributed by atoms with van der Waals surface area (Å²) in [5.41, 5.74) is -0.214. The molecule has 7 heteroatoms. The second kappa shape index (κ2) is 7.09. The highest BCUT2D eigenvalue weighted by molar-refractivity contribution is 8.14. The van der Waals surface area contributed by atoms with Crippen LogP contribution in [0.25, 0.3) is 0 Å². The van der Waals surface area contributed by atoms with Crippen molar-refractivity contribution in [1.82, 2.24) is 4.90 Å². The molecule has 2 aliphatic heterocycles. The van der Waals surface area contributed by atoms with Crippen LogP contribution in [0.1, 0.15) is 25.7 Å². The highest BCUT2D eigenvalue weighted by Crippen LogP contribution is 2.38. The van der Waals surface area contributed by atoms with Gasteiger partial charge in [0.05, 0.1) is 6.10 Å². The third-order valence-electron chi connectivity index (χ3n) is 3.68. The molecule has 20 heavy (non-hydrogen) atoms. The number of fused-ring (bicyclic) bond motifs is 1. The Morgan fingerprint density at radius 2 is 1.95 bits per heavy atom. The molecule has 5 atom stereocenters. The van der Waals surface area contributed by atoms with Gasteiger partial charge in [-0.15, -0.1) is 0 Å². The normalized spacial score (nSPS) is 36.6. The van der Waals surface area contributed by atoms with E-state index in [4.69, 9.17) is 9.84 Å². The minimum Gasteiger partial charge on any atom is -0.396 e. The highest BCUT2D eigenvalue weighted by atomic mass is 32.2. The van der Waals surface area contributed by atoms with Gasteiger partial charge in [-0.3, -0.25) is 4.99 Å². The maximum absolute atomic E-state index is 10.2. The molecule has 2 aliphatic rings. The Labute approximate surface area is 123 Å². The summed E-state index contributed by atoms with van der Waals surface area (Å²) in [4.78, 5) is 6.31. The molecule has 0 unspecified atom stereocenters. The van der Waals surface area contributed by atoms with Crippen molar-refractivity contribution >= 4 is 16.9 Å². The van der Waals surface area contributed by atoms with Gasteiger partial charge in [-0.05, 0) is 12.8 Å². The molecule has 1 saturated heterocycles. The number of aliphatic hydroxyl groups is 3. The predicted octanol–water partition coefficient (Wildman–Crippen LogP) is 0.0188. The van der Waals surface area contributed by atoms with Crippen molar-refractivity contribution in [1.29, 1.82) is 0 Å². The van der Waals surface area contributed by atoms with Crippen molar-refractivity contribution in [2.75, 3.05) is 20.7 Å². The second-order valence-corrected chi connectivity index (χ2v) is 6.58. The zero-order valence-electron chi connectivity index (χ0n) is 12.0. The zero-order chi connectivity index (χ0) is 14.7. The number of amidine groups is 1. The van der Waals surface area contributed by atoms with E-state index in [2.05, 4.69) is 4.99 Å². The third kappa shape index (κ3) is 3.46. The average Bonchev–Trinajstić information content (AvgIpc) is 2.84. The lowest BCUT2D eigenvalue weighted by Crippen LogP contribution is -2.54. The van der Waals surface area contributed by atoms with Gasteiger partial charge < -0.3 is 25.0 Å². The fraction of sp³-hybridized carbons (Fsp3) is 0.923. The van der Waals surface area contributed by atoms with Gasteiger partial charge in [-0.2, -0.15) is 0 Å². The quantitative estimate of drug-likeness (QED) is 0.621. The molecule has 2 rings (SSSR count). The second-order valence-electron chi connectivity index (χ2n) is 5.51. The number of thioether (sulfide) groups is 1. The van der Waals surface area contributed by atoms with E-state index in [1.165, 1.54) is 11.8 Å². The van der Waals surface area contributed by atoms with Crippen molar-refractivity contribution in [2.45, 2.75) is 55.5 Å². The van der Waals surface area contributed by atoms with E-state index in [0.29, 0.717) is 6.42 Å². The van der Waals surface area contributed by atoms with E-state index in [0.717, 1.165) is 24.4 Å². The number of ether oxygens (including phenoxy) is 1. The van der Waals surface area contributed by atoms with Crippen molar-refractivity contribution < 1.29 is 20.1 Å². The first-order chi connectivity index (χ1) is 9.54. The van der Waals surface area contributed by atoms with E-state index in [1.807, 2.05) is 19.0 Å². The summed E-state index contributed by atoms with van der Waals surface area (Å²) < 4.78 is 5.90. The van der Waals surface area contributed by atoms with Gasteiger partial charge in [0.1, 0.15) is 23.7 Å². The summed E-state index contributed by atoms with van der Waals surface area (Å²) in [5, 5.41) is 29.9. The lowest BCUT2D eigenvalue weighted by atomic mass is 9.95. The van der Waals surface area contributed by atoms with Crippen molar-refractivity contribution in [3.05, 3.63) is 0 Å². The molecule has 0 bridgehead atoms. The zero-order valence-corrected chi connectivity index (χ0v) is 12.8. The number of nitrogens with zero attached hydrogens (tertiary/aromatic N) is 2. The topological polar surface area (TPSA) is 85.5 Å². The van der Waals surface area contributed by atoms with Crippen molar-refractivity contribution in [3.63, 3.8) is 0 Å². The minimum absolute atomic E-state index is 0.192. The van der Waals surface area contributed by atoms with E-state index in [-0.39, 0.29) is 24.2 Å². The highest BCUT2D eigenvalue weighted by Gasteiger charge is 2.48. The molecule has 0 spiro atoms. The summed E-state index contributed by atoms with van der Waals surface area (Å²) >= 11 is 1.50. The van der Waals surface area contributed by atoms with Gasteiger partial charge in [-0.1, -0.05) is 24.6 Å². The lowest BCUT2D eigenvalue weighted by molar-refractivity contribution is -0.154. The van der Waals surface area contributed by atoms with Crippen molar-refractivity contribution in [2.24, 2.45) is 4.99 Å². The Kier molecular flexibility index (Phi) is 5.68. The smallest absolute Gasteiger partial charge is 0.161 e. The largest absolute Gasteiger partial charge is 0.396 e. The van der Waals surface area contributed by atoms with Crippen LogP contribution >= 0.6 is 11.8 Å². The van der Waals surface area contributed by atoms with E-state index < -0.39 is 12.2 Å². The number of rotatable bonds is 5. The van der Waals surface area contributed by atoms with E-state index in [1.54, 1.807) is 0 Å². The van der Waals surface area contributed by atoms with Gasteiger partial charge in [0, 0.05) is 20.7 Å². The van der Waals surface area contributed by atoms with Crippen LogP contribution in [-0.2, 0) is 4.74 Å². The van der Waals surface area contributed by atoms with Crippen LogP contribution in [0.15, 0.2) is 4.99 Å². The maximum atomic E-state index is 10.2. The Balaban J connectivity index is 1.91. The predicted molar refractivity (Wildman–Crippen MR) is 78.7 cm³/mol. The Morgan fingerprint density at radius 1 is 1.20 bits per heavy atom. The molecular weight excluding hydrogens is 280 g/mol. The first-order valence-electron chi connectivity index (χ1n) is 7.09. The molecule has 6 nitrogen and oxygen atoms in total. The van der Waals surface area contributed by atoms with E-state index in [9.17, 15) is 10.2 Å². The van der Waals surface area contributed by atoms with Crippen LogP contribution in [0.5, 0.6) is 0 Å². The molecular formula is C13H24N2O4S. The molecule has 1 fully saturated rings. The Bertz CT molecular complexity index is 353. The Morgan fingerprint density at radius 3 is 2.60 bits per heavy atom. The van der Waals surface area contributed by atoms with Crippen LogP contribution in [0.4, 0.5) is 0 Å². The number of hydrogen-bond donors (Lipinski definition) is 3. The van der Waals surface area contributed by atoms with Crippen LogP contribution in [0.3, 0.4) is 0 Å². The molecule has 0 amide bonds. The number of aliphatic hydroxyl groups excluding tert-OH is 3. The third-order valence-corrected chi connectivity index (χ3v) is 4.98. The molecule has 116 valence electrons.